The van der Waals surface area contributed by atoms with Gasteiger partial charge in [0.2, 0.25) is 5.91 Å². The van der Waals surface area contributed by atoms with Crippen LogP contribution in [0.25, 0.3) is 5.57 Å². The van der Waals surface area contributed by atoms with Gasteiger partial charge in [-0.25, -0.2) is 4.79 Å². The van der Waals surface area contributed by atoms with Crippen LogP contribution in [0.3, 0.4) is 0 Å². The maximum Gasteiger partial charge on any atom is 0.330 e. The molecule has 0 aliphatic carbocycles. The van der Waals surface area contributed by atoms with Crippen molar-refractivity contribution in [2.45, 2.75) is 19.9 Å². The maximum absolute atomic E-state index is 12.6. The zero-order valence-corrected chi connectivity index (χ0v) is 14.9. The first kappa shape index (κ1) is 18.5. The molecular weight excluding hydrogens is 350 g/mol. The van der Waals surface area contributed by atoms with Gasteiger partial charge in [-0.15, -0.1) is 0 Å². The van der Waals surface area contributed by atoms with Crippen LogP contribution in [0.2, 0.25) is 5.02 Å². The van der Waals surface area contributed by atoms with E-state index < -0.39 is 17.9 Å². The number of amides is 1. The molecule has 1 aliphatic rings. The summed E-state index contributed by atoms with van der Waals surface area (Å²) in [5.41, 5.74) is 1.62. The van der Waals surface area contributed by atoms with Gasteiger partial charge in [-0.3, -0.25) is 9.59 Å². The summed E-state index contributed by atoms with van der Waals surface area (Å²) in [6, 6.07) is 6.06. The first-order valence-corrected chi connectivity index (χ1v) is 8.79. The van der Waals surface area contributed by atoms with Crippen LogP contribution >= 0.6 is 23.4 Å². The number of thioether (sulfide) groups is 1. The van der Waals surface area contributed by atoms with E-state index >= 15 is 0 Å². The lowest BCUT2D eigenvalue weighted by molar-refractivity contribution is -0.148. The highest BCUT2D eigenvalue weighted by molar-refractivity contribution is 8.13. The molecule has 128 valence electrons. The van der Waals surface area contributed by atoms with E-state index in [1.54, 1.807) is 37.3 Å². The second-order valence-corrected chi connectivity index (χ2v) is 7.29. The number of nitrogens with zero attached hydrogens (tertiary/aromatic N) is 1. The second kappa shape index (κ2) is 7.85. The van der Waals surface area contributed by atoms with Crippen molar-refractivity contribution in [1.29, 1.82) is 0 Å². The quantitative estimate of drug-likeness (QED) is 0.866. The van der Waals surface area contributed by atoms with Crippen molar-refractivity contribution in [3.8, 4) is 0 Å². The highest BCUT2D eigenvalue weighted by atomic mass is 35.5. The van der Waals surface area contributed by atoms with Crippen molar-refractivity contribution in [1.82, 2.24) is 4.90 Å². The van der Waals surface area contributed by atoms with Gasteiger partial charge < -0.3 is 10.0 Å². The first-order chi connectivity index (χ1) is 11.3. The third kappa shape index (κ3) is 4.39. The molecule has 24 heavy (non-hydrogen) atoms. The highest BCUT2D eigenvalue weighted by Crippen LogP contribution is 2.28. The predicted molar refractivity (Wildman–Crippen MR) is 94.9 cm³/mol. The molecule has 0 saturated carbocycles. The van der Waals surface area contributed by atoms with Crippen LogP contribution in [-0.4, -0.2) is 45.3 Å². The van der Waals surface area contributed by atoms with Gasteiger partial charge in [0.05, 0.1) is 0 Å². The van der Waals surface area contributed by atoms with Gasteiger partial charge in [0.1, 0.15) is 6.04 Å². The summed E-state index contributed by atoms with van der Waals surface area (Å²) in [4.78, 5) is 36.5. The Balaban J connectivity index is 2.16. The minimum absolute atomic E-state index is 0.0640. The SMILES string of the molecule is CC(=O)SCC(C)C(=O)N1CC(c2ccc(Cl)cc2)=CC1C(=O)O. The Morgan fingerprint density at radius 2 is 1.96 bits per heavy atom. The molecule has 1 N–H and O–H groups in total. The number of carboxylic acids is 1. The zero-order chi connectivity index (χ0) is 17.9. The fourth-order valence-corrected chi connectivity index (χ4v) is 3.24. The third-order valence-corrected chi connectivity index (χ3v) is 5.07. The summed E-state index contributed by atoms with van der Waals surface area (Å²) < 4.78 is 0. The average Bonchev–Trinajstić information content (AvgIpc) is 2.98. The van der Waals surface area contributed by atoms with Gasteiger partial charge in [0.25, 0.3) is 0 Å². The van der Waals surface area contributed by atoms with Crippen LogP contribution in [0, 0.1) is 5.92 Å². The molecule has 0 bridgehead atoms. The van der Waals surface area contributed by atoms with Gasteiger partial charge in [-0.1, -0.05) is 42.4 Å². The fraction of sp³-hybridized carbons (Fsp3) is 0.353. The van der Waals surface area contributed by atoms with Gasteiger partial charge in [0, 0.05) is 30.2 Å². The van der Waals surface area contributed by atoms with Gasteiger partial charge in [0.15, 0.2) is 5.12 Å². The van der Waals surface area contributed by atoms with E-state index in [-0.39, 0.29) is 17.6 Å². The summed E-state index contributed by atoms with van der Waals surface area (Å²) in [6.07, 6.45) is 1.59. The van der Waals surface area contributed by atoms with E-state index in [9.17, 15) is 19.5 Å². The maximum atomic E-state index is 12.6. The largest absolute Gasteiger partial charge is 0.479 e. The molecule has 2 rings (SSSR count). The van der Waals surface area contributed by atoms with E-state index in [0.29, 0.717) is 10.8 Å². The number of rotatable bonds is 5. The lowest BCUT2D eigenvalue weighted by Gasteiger charge is -2.25. The Bertz CT molecular complexity index is 686. The van der Waals surface area contributed by atoms with E-state index in [1.165, 1.54) is 11.8 Å². The molecule has 7 heteroatoms. The van der Waals surface area contributed by atoms with Crippen LogP contribution < -0.4 is 0 Å². The molecule has 1 amide bonds. The summed E-state index contributed by atoms with van der Waals surface area (Å²) in [6.45, 7) is 3.38. The molecule has 5 nitrogen and oxygen atoms in total. The number of aliphatic carboxylic acids is 1. The van der Waals surface area contributed by atoms with Crippen molar-refractivity contribution in [3.63, 3.8) is 0 Å². The Kier molecular flexibility index (Phi) is 6.07. The molecule has 0 fully saturated rings. The molecule has 0 saturated heterocycles. The number of hydrogen-bond acceptors (Lipinski definition) is 4. The first-order valence-electron chi connectivity index (χ1n) is 7.43. The van der Waals surface area contributed by atoms with Crippen LogP contribution in [0.4, 0.5) is 0 Å². The van der Waals surface area contributed by atoms with Gasteiger partial charge in [-0.05, 0) is 29.3 Å². The monoisotopic (exact) mass is 367 g/mol. The van der Waals surface area contributed by atoms with Gasteiger partial charge >= 0.3 is 5.97 Å². The lowest BCUT2D eigenvalue weighted by Crippen LogP contribution is -2.44. The van der Waals surface area contributed by atoms with Crippen LogP contribution in [0.5, 0.6) is 0 Å². The average molecular weight is 368 g/mol. The molecule has 1 aliphatic heterocycles. The normalized spacial score (nSPS) is 18.2. The standard InChI is InChI=1S/C17H18ClNO4S/c1-10(9-24-11(2)20)16(21)19-8-13(7-15(19)17(22)23)12-3-5-14(18)6-4-12/h3-7,10,15H,8-9H2,1-2H3,(H,22,23). The summed E-state index contributed by atoms with van der Waals surface area (Å²) in [5, 5.41) is 9.95. The summed E-state index contributed by atoms with van der Waals surface area (Å²) in [7, 11) is 0. The minimum Gasteiger partial charge on any atom is -0.479 e. The fourth-order valence-electron chi connectivity index (χ4n) is 2.48. The predicted octanol–water partition coefficient (Wildman–Crippen LogP) is 2.93. The second-order valence-electron chi connectivity index (χ2n) is 5.65. The molecule has 2 atom stereocenters. The smallest absolute Gasteiger partial charge is 0.330 e. The van der Waals surface area contributed by atoms with Crippen molar-refractivity contribution in [2.24, 2.45) is 5.92 Å². The van der Waals surface area contributed by atoms with Crippen molar-refractivity contribution in [3.05, 3.63) is 40.9 Å². The number of carbonyl (C=O) groups excluding carboxylic acids is 2. The topological polar surface area (TPSA) is 74.7 Å². The molecule has 1 aromatic rings. The van der Waals surface area contributed by atoms with Crippen molar-refractivity contribution >= 4 is 45.9 Å². The number of halogens is 1. The Morgan fingerprint density at radius 3 is 2.50 bits per heavy atom. The van der Waals surface area contributed by atoms with E-state index in [4.69, 9.17) is 11.6 Å². The number of carbonyl (C=O) groups is 3. The number of carboxylic acid groups (broad SMARTS) is 1. The molecular formula is C17H18ClNO4S. The van der Waals surface area contributed by atoms with E-state index in [2.05, 4.69) is 0 Å². The lowest BCUT2D eigenvalue weighted by atomic mass is 10.1. The van der Waals surface area contributed by atoms with Crippen molar-refractivity contribution < 1.29 is 19.5 Å². The molecule has 2 unspecified atom stereocenters. The highest BCUT2D eigenvalue weighted by Gasteiger charge is 2.36. The van der Waals surface area contributed by atoms with Crippen LogP contribution in [-0.2, 0) is 14.4 Å². The van der Waals surface area contributed by atoms with Crippen LogP contribution in [0.15, 0.2) is 30.3 Å². The molecule has 0 spiro atoms. The molecule has 0 radical (unpaired) electrons. The van der Waals surface area contributed by atoms with Gasteiger partial charge in [-0.2, -0.15) is 0 Å². The minimum atomic E-state index is -1.07. The number of benzene rings is 1. The van der Waals surface area contributed by atoms with E-state index in [0.717, 1.165) is 22.9 Å². The van der Waals surface area contributed by atoms with Crippen molar-refractivity contribution in [2.75, 3.05) is 12.3 Å². The number of hydrogen-bond donors (Lipinski definition) is 1. The molecule has 0 aromatic heterocycles. The Hall–Kier alpha value is -1.79. The van der Waals surface area contributed by atoms with E-state index in [1.807, 2.05) is 0 Å². The summed E-state index contributed by atoms with van der Waals surface area (Å²) in [5.74, 6) is -1.43. The summed E-state index contributed by atoms with van der Waals surface area (Å²) >= 11 is 6.94. The molecule has 1 aromatic carbocycles. The molecule has 1 heterocycles. The van der Waals surface area contributed by atoms with Crippen LogP contribution in [0.1, 0.15) is 19.4 Å². The Morgan fingerprint density at radius 1 is 1.33 bits per heavy atom. The third-order valence-electron chi connectivity index (χ3n) is 3.74. The Labute approximate surface area is 149 Å². The zero-order valence-electron chi connectivity index (χ0n) is 13.4.